The van der Waals surface area contributed by atoms with E-state index in [1.54, 1.807) is 24.3 Å². The fraction of sp³-hybridized carbons (Fsp3) is 0.355. The van der Waals surface area contributed by atoms with Crippen LogP contribution in [0.25, 0.3) is 0 Å². The van der Waals surface area contributed by atoms with E-state index in [0.29, 0.717) is 6.42 Å². The summed E-state index contributed by atoms with van der Waals surface area (Å²) in [5, 5.41) is 3.28. The lowest BCUT2D eigenvalue weighted by Gasteiger charge is -2.34. The summed E-state index contributed by atoms with van der Waals surface area (Å²) in [6.45, 7) is 3.27. The van der Waals surface area contributed by atoms with Gasteiger partial charge < -0.3 is 10.2 Å². The minimum Gasteiger partial charge on any atom is -0.352 e. The number of aryl methyl sites for hydroxylation is 1. The molecule has 0 aromatic heterocycles. The molecule has 0 aliphatic heterocycles. The number of amides is 2. The molecule has 0 spiro atoms. The number of halogens is 2. The summed E-state index contributed by atoms with van der Waals surface area (Å²) in [4.78, 5) is 29.1. The summed E-state index contributed by atoms with van der Waals surface area (Å²) in [5.74, 6) is -0.772. The zero-order valence-electron chi connectivity index (χ0n) is 23.2. The molecule has 2 amide bonds. The number of hydrogen-bond donors (Lipinski definition) is 1. The van der Waals surface area contributed by atoms with E-state index in [4.69, 9.17) is 23.2 Å². The van der Waals surface area contributed by atoms with Gasteiger partial charge in [-0.15, -0.1) is 0 Å². The number of benzene rings is 3. The highest BCUT2D eigenvalue weighted by atomic mass is 35.5. The van der Waals surface area contributed by atoms with Gasteiger partial charge in [-0.1, -0.05) is 97.1 Å². The van der Waals surface area contributed by atoms with Crippen molar-refractivity contribution in [1.29, 1.82) is 0 Å². The predicted molar refractivity (Wildman–Crippen MR) is 164 cm³/mol. The van der Waals surface area contributed by atoms with Gasteiger partial charge in [0, 0.05) is 12.6 Å². The summed E-state index contributed by atoms with van der Waals surface area (Å²) in [6.07, 6.45) is 4.29. The average Bonchev–Trinajstić information content (AvgIpc) is 3.47. The van der Waals surface area contributed by atoms with Gasteiger partial charge in [-0.05, 0) is 56.0 Å². The molecular formula is C31H35Cl2N3O4S. The Balaban J connectivity index is 1.73. The third kappa shape index (κ3) is 7.42. The number of sulfonamides is 1. The van der Waals surface area contributed by atoms with Crippen LogP contribution >= 0.6 is 23.2 Å². The molecule has 3 aromatic carbocycles. The van der Waals surface area contributed by atoms with Crippen molar-refractivity contribution in [3.05, 3.63) is 94.0 Å². The van der Waals surface area contributed by atoms with Crippen molar-refractivity contribution in [3.8, 4) is 0 Å². The van der Waals surface area contributed by atoms with Gasteiger partial charge >= 0.3 is 0 Å². The van der Waals surface area contributed by atoms with E-state index in [-0.39, 0.29) is 39.1 Å². The standard InChI is InChI=1S/C31H35Cl2N3O4S/c1-3-27(31(38)34-24-12-7-8-13-24)35(20-23-10-5-4-6-11-23)29(37)21-36(28-15-9-14-26(32)30(28)33)41(39,40)25-18-16-22(2)17-19-25/h4-6,9-11,14-19,24,27H,3,7-8,12-13,20-21H2,1-2H3,(H,34,38)/t27-/m0/s1. The first-order chi connectivity index (χ1) is 19.6. The second kappa shape index (κ2) is 13.7. The molecule has 10 heteroatoms. The Labute approximate surface area is 252 Å². The first-order valence-electron chi connectivity index (χ1n) is 13.8. The normalized spacial score (nSPS) is 14.4. The summed E-state index contributed by atoms with van der Waals surface area (Å²) < 4.78 is 29.0. The second-order valence-electron chi connectivity index (χ2n) is 10.3. The molecule has 4 rings (SSSR count). The van der Waals surface area contributed by atoms with Gasteiger partial charge in [0.2, 0.25) is 11.8 Å². The third-order valence-corrected chi connectivity index (χ3v) is 9.95. The van der Waals surface area contributed by atoms with E-state index in [0.717, 1.165) is 41.1 Å². The summed E-state index contributed by atoms with van der Waals surface area (Å²) in [6, 6.07) is 19.6. The van der Waals surface area contributed by atoms with E-state index in [9.17, 15) is 18.0 Å². The molecule has 1 aliphatic carbocycles. The maximum atomic E-state index is 14.2. The third-order valence-electron chi connectivity index (χ3n) is 7.37. The Hall–Kier alpha value is -3.07. The lowest BCUT2D eigenvalue weighted by Crippen LogP contribution is -2.53. The zero-order valence-corrected chi connectivity index (χ0v) is 25.6. The molecule has 218 valence electrons. The predicted octanol–water partition coefficient (Wildman–Crippen LogP) is 6.36. The number of nitrogens with zero attached hydrogens (tertiary/aromatic N) is 2. The Morgan fingerprint density at radius 3 is 2.24 bits per heavy atom. The van der Waals surface area contributed by atoms with Crippen LogP contribution in [0.3, 0.4) is 0 Å². The zero-order chi connectivity index (χ0) is 29.6. The van der Waals surface area contributed by atoms with Crippen LogP contribution in [0.5, 0.6) is 0 Å². The van der Waals surface area contributed by atoms with Crippen LogP contribution in [-0.4, -0.2) is 43.8 Å². The van der Waals surface area contributed by atoms with Crippen molar-refractivity contribution >= 4 is 50.7 Å². The van der Waals surface area contributed by atoms with E-state index in [1.807, 2.05) is 44.2 Å². The van der Waals surface area contributed by atoms with Crippen LogP contribution in [-0.2, 0) is 26.2 Å². The van der Waals surface area contributed by atoms with Crippen molar-refractivity contribution < 1.29 is 18.0 Å². The Morgan fingerprint density at radius 2 is 1.61 bits per heavy atom. The average molecular weight is 617 g/mol. The molecule has 0 saturated heterocycles. The molecule has 1 aliphatic rings. The van der Waals surface area contributed by atoms with Crippen molar-refractivity contribution in [2.24, 2.45) is 0 Å². The largest absolute Gasteiger partial charge is 0.352 e. The fourth-order valence-electron chi connectivity index (χ4n) is 5.10. The smallest absolute Gasteiger partial charge is 0.264 e. The molecule has 3 aromatic rings. The van der Waals surface area contributed by atoms with Gasteiger partial charge in [0.15, 0.2) is 0 Å². The van der Waals surface area contributed by atoms with Gasteiger partial charge in [0.25, 0.3) is 10.0 Å². The lowest BCUT2D eigenvalue weighted by atomic mass is 10.1. The van der Waals surface area contributed by atoms with Gasteiger partial charge in [0.05, 0.1) is 20.6 Å². The number of carbonyl (C=O) groups excluding carboxylic acids is 2. The van der Waals surface area contributed by atoms with Crippen LogP contribution in [0.1, 0.15) is 50.2 Å². The lowest BCUT2D eigenvalue weighted by molar-refractivity contribution is -0.140. The van der Waals surface area contributed by atoms with Crippen molar-refractivity contribution in [1.82, 2.24) is 10.2 Å². The molecular weight excluding hydrogens is 581 g/mol. The van der Waals surface area contributed by atoms with Gasteiger partial charge in [0.1, 0.15) is 12.6 Å². The maximum Gasteiger partial charge on any atom is 0.264 e. The summed E-state index contributed by atoms with van der Waals surface area (Å²) >= 11 is 12.8. The molecule has 1 saturated carbocycles. The van der Waals surface area contributed by atoms with Crippen LogP contribution in [0.4, 0.5) is 5.69 Å². The molecule has 1 N–H and O–H groups in total. The van der Waals surface area contributed by atoms with E-state index in [1.165, 1.54) is 23.1 Å². The molecule has 41 heavy (non-hydrogen) atoms. The highest BCUT2D eigenvalue weighted by Crippen LogP contribution is 2.35. The first kappa shape index (κ1) is 30.9. The number of rotatable bonds is 11. The van der Waals surface area contributed by atoms with Crippen LogP contribution in [0, 0.1) is 6.92 Å². The molecule has 7 nitrogen and oxygen atoms in total. The topological polar surface area (TPSA) is 86.8 Å². The Morgan fingerprint density at radius 1 is 0.951 bits per heavy atom. The fourth-order valence-corrected chi connectivity index (χ4v) is 6.98. The van der Waals surface area contributed by atoms with Crippen LogP contribution < -0.4 is 9.62 Å². The van der Waals surface area contributed by atoms with Crippen molar-refractivity contribution in [2.45, 2.75) is 69.5 Å². The van der Waals surface area contributed by atoms with Gasteiger partial charge in [-0.25, -0.2) is 8.42 Å². The maximum absolute atomic E-state index is 14.2. The molecule has 0 unspecified atom stereocenters. The SMILES string of the molecule is CC[C@@H](C(=O)NC1CCCC1)N(Cc1ccccc1)C(=O)CN(c1cccc(Cl)c1Cl)S(=O)(=O)c1ccc(C)cc1. The monoisotopic (exact) mass is 615 g/mol. The summed E-state index contributed by atoms with van der Waals surface area (Å²) in [5.41, 5.74) is 1.79. The van der Waals surface area contributed by atoms with Gasteiger partial charge in [-0.3, -0.25) is 13.9 Å². The summed E-state index contributed by atoms with van der Waals surface area (Å²) in [7, 11) is -4.24. The molecule has 0 radical (unpaired) electrons. The van der Waals surface area contributed by atoms with E-state index < -0.39 is 28.5 Å². The second-order valence-corrected chi connectivity index (χ2v) is 13.0. The van der Waals surface area contributed by atoms with E-state index >= 15 is 0 Å². The number of carbonyl (C=O) groups is 2. The van der Waals surface area contributed by atoms with Crippen LogP contribution in [0.2, 0.25) is 10.0 Å². The first-order valence-corrected chi connectivity index (χ1v) is 16.0. The molecule has 1 fully saturated rings. The van der Waals surface area contributed by atoms with E-state index in [2.05, 4.69) is 5.32 Å². The quantitative estimate of drug-likeness (QED) is 0.272. The van der Waals surface area contributed by atoms with Crippen molar-refractivity contribution in [2.75, 3.05) is 10.8 Å². The van der Waals surface area contributed by atoms with Crippen molar-refractivity contribution in [3.63, 3.8) is 0 Å². The number of anilines is 1. The number of hydrogen-bond acceptors (Lipinski definition) is 4. The number of nitrogens with one attached hydrogen (secondary N) is 1. The minimum absolute atomic E-state index is 0.00701. The molecule has 1 atom stereocenters. The highest BCUT2D eigenvalue weighted by Gasteiger charge is 2.35. The molecule has 0 heterocycles. The van der Waals surface area contributed by atoms with Crippen LogP contribution in [0.15, 0.2) is 77.7 Å². The Bertz CT molecular complexity index is 1460. The van der Waals surface area contributed by atoms with Gasteiger partial charge in [-0.2, -0.15) is 0 Å². The molecule has 0 bridgehead atoms. The highest BCUT2D eigenvalue weighted by molar-refractivity contribution is 7.92. The minimum atomic E-state index is -4.24. The Kier molecular flexibility index (Phi) is 10.3.